The highest BCUT2D eigenvalue weighted by atomic mass is 19.1. The quantitative estimate of drug-likeness (QED) is 0.601. The Kier molecular flexibility index (Phi) is 4.90. The van der Waals surface area contributed by atoms with Crippen LogP contribution in [0.5, 0.6) is 0 Å². The molecular formula is C15H12F2. The summed E-state index contributed by atoms with van der Waals surface area (Å²) in [6.45, 7) is 1.86. The lowest BCUT2D eigenvalue weighted by atomic mass is 10.2. The molecule has 0 radical (unpaired) electrons. The molecule has 17 heavy (non-hydrogen) atoms. The second kappa shape index (κ2) is 6.44. The average Bonchev–Trinajstić information content (AvgIpc) is 2.29. The van der Waals surface area contributed by atoms with Gasteiger partial charge in [-0.2, -0.15) is 0 Å². The molecule has 2 aromatic rings. The van der Waals surface area contributed by atoms with Crippen LogP contribution in [0.1, 0.15) is 11.1 Å². The van der Waals surface area contributed by atoms with Crippen LogP contribution in [0, 0.1) is 30.9 Å². The van der Waals surface area contributed by atoms with Crippen molar-refractivity contribution in [2.45, 2.75) is 6.92 Å². The van der Waals surface area contributed by atoms with E-state index < -0.39 is 0 Å². The van der Waals surface area contributed by atoms with Gasteiger partial charge in [0.2, 0.25) is 0 Å². The molecule has 2 heteroatoms. The zero-order chi connectivity index (χ0) is 12.7. The van der Waals surface area contributed by atoms with Crippen molar-refractivity contribution in [1.29, 1.82) is 0 Å². The summed E-state index contributed by atoms with van der Waals surface area (Å²) in [5, 5.41) is 0. The van der Waals surface area contributed by atoms with Gasteiger partial charge < -0.3 is 0 Å². The maximum absolute atomic E-state index is 12.3. The fraction of sp³-hybridized carbons (Fsp3) is 0.0667. The maximum Gasteiger partial charge on any atom is 0.124 e. The topological polar surface area (TPSA) is 0 Å². The van der Waals surface area contributed by atoms with E-state index in [0.29, 0.717) is 5.56 Å². The molecule has 2 rings (SSSR count). The van der Waals surface area contributed by atoms with Gasteiger partial charge in [-0.1, -0.05) is 24.1 Å². The fourth-order valence-electron chi connectivity index (χ4n) is 1.18. The van der Waals surface area contributed by atoms with Crippen LogP contribution in [0.15, 0.2) is 48.5 Å². The average molecular weight is 230 g/mol. The lowest BCUT2D eigenvalue weighted by Gasteiger charge is -1.87. The van der Waals surface area contributed by atoms with E-state index in [1.807, 2.05) is 13.0 Å². The van der Waals surface area contributed by atoms with Crippen LogP contribution in [0.2, 0.25) is 0 Å². The summed E-state index contributed by atoms with van der Waals surface area (Å²) >= 11 is 0. The Bertz CT molecular complexity index is 507. The Morgan fingerprint density at radius 2 is 1.53 bits per heavy atom. The second-order valence-corrected chi connectivity index (χ2v) is 3.45. The molecule has 0 unspecified atom stereocenters. The lowest BCUT2D eigenvalue weighted by Crippen LogP contribution is -1.74. The Hall–Kier alpha value is -2.14. The van der Waals surface area contributed by atoms with Gasteiger partial charge >= 0.3 is 0 Å². The summed E-state index contributed by atoms with van der Waals surface area (Å²) in [4.78, 5) is 0. The van der Waals surface area contributed by atoms with E-state index >= 15 is 0 Å². The fourth-order valence-corrected chi connectivity index (χ4v) is 1.18. The summed E-state index contributed by atoms with van der Waals surface area (Å²) < 4.78 is 24.4. The molecule has 0 aromatic heterocycles. The molecule has 2 aromatic carbocycles. The van der Waals surface area contributed by atoms with Gasteiger partial charge in [0.25, 0.3) is 0 Å². The van der Waals surface area contributed by atoms with E-state index in [1.54, 1.807) is 18.2 Å². The third-order valence-electron chi connectivity index (χ3n) is 1.97. The minimum absolute atomic E-state index is 0.162. The molecule has 0 aliphatic heterocycles. The van der Waals surface area contributed by atoms with Crippen LogP contribution in [-0.4, -0.2) is 0 Å². The van der Waals surface area contributed by atoms with Crippen molar-refractivity contribution in [2.75, 3.05) is 0 Å². The van der Waals surface area contributed by atoms with Gasteiger partial charge in [-0.05, 0) is 42.8 Å². The van der Waals surface area contributed by atoms with E-state index in [9.17, 15) is 8.78 Å². The number of hydrogen-bond acceptors (Lipinski definition) is 0. The number of rotatable bonds is 0. The van der Waals surface area contributed by atoms with Gasteiger partial charge in [0.15, 0.2) is 0 Å². The van der Waals surface area contributed by atoms with Gasteiger partial charge in [0.05, 0.1) is 0 Å². The van der Waals surface area contributed by atoms with Gasteiger partial charge in [0.1, 0.15) is 11.6 Å². The van der Waals surface area contributed by atoms with Crippen molar-refractivity contribution in [3.8, 4) is 12.3 Å². The molecule has 0 saturated heterocycles. The Morgan fingerprint density at radius 1 is 0.941 bits per heavy atom. The highest BCUT2D eigenvalue weighted by Gasteiger charge is 1.87. The van der Waals surface area contributed by atoms with Crippen LogP contribution in [0.3, 0.4) is 0 Å². The summed E-state index contributed by atoms with van der Waals surface area (Å²) in [6, 6.07) is 12.5. The molecule has 0 spiro atoms. The van der Waals surface area contributed by atoms with Gasteiger partial charge in [-0.25, -0.2) is 8.78 Å². The Labute approximate surface area is 99.9 Å². The first-order valence-corrected chi connectivity index (χ1v) is 5.06. The number of terminal acetylenes is 1. The van der Waals surface area contributed by atoms with Crippen molar-refractivity contribution in [2.24, 2.45) is 0 Å². The van der Waals surface area contributed by atoms with Crippen LogP contribution in [0.25, 0.3) is 0 Å². The molecule has 0 aliphatic rings. The third-order valence-corrected chi connectivity index (χ3v) is 1.97. The van der Waals surface area contributed by atoms with E-state index in [0.717, 1.165) is 5.56 Å². The summed E-state index contributed by atoms with van der Waals surface area (Å²) in [6.07, 6.45) is 5.00. The molecule has 0 heterocycles. The number of aryl methyl sites for hydroxylation is 1. The molecule has 86 valence electrons. The minimum Gasteiger partial charge on any atom is -0.207 e. The lowest BCUT2D eigenvalue weighted by molar-refractivity contribution is 0.626. The van der Waals surface area contributed by atoms with E-state index in [-0.39, 0.29) is 11.6 Å². The molecule has 0 fully saturated rings. The Balaban J connectivity index is 0.000000171. The van der Waals surface area contributed by atoms with E-state index in [2.05, 4.69) is 5.92 Å². The zero-order valence-corrected chi connectivity index (χ0v) is 9.45. The zero-order valence-electron chi connectivity index (χ0n) is 9.45. The normalized spacial score (nSPS) is 8.82. The first kappa shape index (κ1) is 12.9. The van der Waals surface area contributed by atoms with Gasteiger partial charge in [0, 0.05) is 5.56 Å². The number of halogens is 2. The first-order valence-electron chi connectivity index (χ1n) is 5.06. The first-order chi connectivity index (χ1) is 8.11. The largest absolute Gasteiger partial charge is 0.207 e. The molecule has 0 nitrogen and oxygen atoms in total. The highest BCUT2D eigenvalue weighted by Crippen LogP contribution is 2.00. The number of benzene rings is 2. The molecule has 0 bridgehead atoms. The monoisotopic (exact) mass is 230 g/mol. The van der Waals surface area contributed by atoms with Crippen molar-refractivity contribution in [1.82, 2.24) is 0 Å². The van der Waals surface area contributed by atoms with Crippen molar-refractivity contribution in [3.63, 3.8) is 0 Å². The predicted octanol–water partition coefficient (Wildman–Crippen LogP) is 3.94. The highest BCUT2D eigenvalue weighted by molar-refractivity contribution is 5.31. The van der Waals surface area contributed by atoms with E-state index in [4.69, 9.17) is 6.42 Å². The molecule has 0 saturated carbocycles. The van der Waals surface area contributed by atoms with Gasteiger partial charge in [-0.15, -0.1) is 6.42 Å². The maximum atomic E-state index is 12.3. The Morgan fingerprint density at radius 3 is 1.88 bits per heavy atom. The third kappa shape index (κ3) is 4.94. The van der Waals surface area contributed by atoms with Crippen molar-refractivity contribution in [3.05, 3.63) is 71.3 Å². The minimum atomic E-state index is -0.287. The molecular weight excluding hydrogens is 218 g/mol. The molecule has 0 aliphatic carbocycles. The van der Waals surface area contributed by atoms with Gasteiger partial charge in [-0.3, -0.25) is 0 Å². The van der Waals surface area contributed by atoms with Crippen LogP contribution >= 0.6 is 0 Å². The summed E-state index contributed by atoms with van der Waals surface area (Å²) in [7, 11) is 0. The molecule has 0 N–H and O–H groups in total. The van der Waals surface area contributed by atoms with Crippen molar-refractivity contribution >= 4 is 0 Å². The van der Waals surface area contributed by atoms with Crippen LogP contribution in [-0.2, 0) is 0 Å². The van der Waals surface area contributed by atoms with Crippen molar-refractivity contribution < 1.29 is 8.78 Å². The van der Waals surface area contributed by atoms with Crippen LogP contribution in [0.4, 0.5) is 8.78 Å². The number of hydrogen-bond donors (Lipinski definition) is 0. The summed E-state index contributed by atoms with van der Waals surface area (Å²) in [5.41, 5.74) is 1.54. The smallest absolute Gasteiger partial charge is 0.124 e. The summed E-state index contributed by atoms with van der Waals surface area (Å²) in [5.74, 6) is 1.88. The molecule has 0 amide bonds. The second-order valence-electron chi connectivity index (χ2n) is 3.45. The SMILES string of the molecule is C#Cc1cccc(F)c1.Cc1cccc(F)c1. The molecule has 0 atom stereocenters. The predicted molar refractivity (Wildman–Crippen MR) is 65.5 cm³/mol. The van der Waals surface area contributed by atoms with E-state index in [1.165, 1.54) is 24.3 Å². The standard InChI is InChI=1S/C8H5F.C7H7F/c1-2-7-4-3-5-8(9)6-7;1-6-3-2-4-7(8)5-6/h1,3-6H;2-5H,1H3. The van der Waals surface area contributed by atoms with Crippen LogP contribution < -0.4 is 0 Å².